The Bertz CT molecular complexity index is 1140. The Balaban J connectivity index is 1.95. The van der Waals surface area contributed by atoms with Crippen molar-refractivity contribution in [2.45, 2.75) is 0 Å². The number of aromatic nitrogens is 2. The van der Waals surface area contributed by atoms with Crippen molar-refractivity contribution in [3.63, 3.8) is 0 Å². The SMILES string of the molecule is C=CCN(CC=C)C(=O)COC(=O)c1nn(-c2ccccc2)c(=O)c2ccccc12. The zero-order valence-corrected chi connectivity index (χ0v) is 16.4. The molecule has 0 aliphatic rings. The average Bonchev–Trinajstić information content (AvgIpc) is 2.78. The van der Waals surface area contributed by atoms with Crippen LogP contribution in [0.15, 0.2) is 84.7 Å². The largest absolute Gasteiger partial charge is 0.451 e. The lowest BCUT2D eigenvalue weighted by Crippen LogP contribution is -2.35. The highest BCUT2D eigenvalue weighted by Gasteiger charge is 2.20. The first-order valence-corrected chi connectivity index (χ1v) is 9.31. The van der Waals surface area contributed by atoms with Gasteiger partial charge in [0.2, 0.25) is 0 Å². The highest BCUT2D eigenvalue weighted by molar-refractivity contribution is 6.02. The van der Waals surface area contributed by atoms with Crippen molar-refractivity contribution in [1.82, 2.24) is 14.7 Å². The van der Waals surface area contributed by atoms with Gasteiger partial charge in [0.25, 0.3) is 11.5 Å². The monoisotopic (exact) mass is 403 g/mol. The van der Waals surface area contributed by atoms with Crippen LogP contribution in [0.4, 0.5) is 0 Å². The standard InChI is InChI=1S/C23H21N3O4/c1-3-14-25(15-4-2)20(27)16-30-23(29)21-18-12-8-9-13-19(18)22(28)26(24-21)17-10-6-5-7-11-17/h3-13H,1-2,14-16H2. The summed E-state index contributed by atoms with van der Waals surface area (Å²) in [5, 5.41) is 4.93. The number of carbonyl (C=O) groups excluding carboxylic acids is 2. The number of carbonyl (C=O) groups is 2. The molecule has 152 valence electrons. The molecule has 7 heteroatoms. The maximum absolute atomic E-state index is 12.9. The summed E-state index contributed by atoms with van der Waals surface area (Å²) in [6.07, 6.45) is 3.15. The van der Waals surface area contributed by atoms with Crippen LogP contribution in [0.1, 0.15) is 10.5 Å². The topological polar surface area (TPSA) is 81.5 Å². The van der Waals surface area contributed by atoms with Gasteiger partial charge in [-0.25, -0.2) is 4.79 Å². The molecule has 2 aromatic carbocycles. The van der Waals surface area contributed by atoms with Crippen LogP contribution in [0, 0.1) is 0 Å². The Morgan fingerprint density at radius 3 is 2.20 bits per heavy atom. The molecular weight excluding hydrogens is 382 g/mol. The van der Waals surface area contributed by atoms with Crippen LogP contribution in [0.2, 0.25) is 0 Å². The molecule has 0 unspecified atom stereocenters. The molecule has 1 heterocycles. The summed E-state index contributed by atoms with van der Waals surface area (Å²) in [5.74, 6) is -1.18. The van der Waals surface area contributed by atoms with Crippen LogP contribution in [-0.4, -0.2) is 46.3 Å². The molecule has 7 nitrogen and oxygen atoms in total. The van der Waals surface area contributed by atoms with Gasteiger partial charge in [-0.05, 0) is 18.2 Å². The lowest BCUT2D eigenvalue weighted by Gasteiger charge is -2.19. The maximum Gasteiger partial charge on any atom is 0.359 e. The van der Waals surface area contributed by atoms with Gasteiger partial charge in [0, 0.05) is 18.5 Å². The third-order valence-corrected chi connectivity index (χ3v) is 4.38. The Kier molecular flexibility index (Phi) is 6.54. The number of ether oxygens (including phenoxy) is 1. The van der Waals surface area contributed by atoms with Crippen LogP contribution < -0.4 is 5.56 Å². The van der Waals surface area contributed by atoms with E-state index in [1.807, 2.05) is 6.07 Å². The van der Waals surface area contributed by atoms with E-state index in [1.165, 1.54) is 4.90 Å². The third kappa shape index (κ3) is 4.35. The molecule has 1 amide bonds. The van der Waals surface area contributed by atoms with Crippen molar-refractivity contribution in [1.29, 1.82) is 0 Å². The number of rotatable bonds is 8. The average molecular weight is 403 g/mol. The first-order chi connectivity index (χ1) is 14.6. The van der Waals surface area contributed by atoms with Crippen LogP contribution >= 0.6 is 0 Å². The van der Waals surface area contributed by atoms with Gasteiger partial charge < -0.3 is 9.64 Å². The summed E-state index contributed by atoms with van der Waals surface area (Å²) in [4.78, 5) is 39.4. The first kappa shape index (κ1) is 20.7. The third-order valence-electron chi connectivity index (χ3n) is 4.38. The quantitative estimate of drug-likeness (QED) is 0.427. The van der Waals surface area contributed by atoms with Crippen molar-refractivity contribution >= 4 is 22.6 Å². The van der Waals surface area contributed by atoms with Gasteiger partial charge in [-0.3, -0.25) is 9.59 Å². The zero-order valence-electron chi connectivity index (χ0n) is 16.4. The van der Waals surface area contributed by atoms with E-state index < -0.39 is 12.6 Å². The highest BCUT2D eigenvalue weighted by Crippen LogP contribution is 2.16. The molecule has 1 aromatic heterocycles. The predicted molar refractivity (Wildman–Crippen MR) is 115 cm³/mol. The fourth-order valence-corrected chi connectivity index (χ4v) is 2.96. The fraction of sp³-hybridized carbons (Fsp3) is 0.130. The molecule has 0 saturated carbocycles. The van der Waals surface area contributed by atoms with Gasteiger partial charge in [0.05, 0.1) is 11.1 Å². The summed E-state index contributed by atoms with van der Waals surface area (Å²) in [7, 11) is 0. The zero-order chi connectivity index (χ0) is 21.5. The van der Waals surface area contributed by atoms with Crippen LogP contribution in [0.3, 0.4) is 0 Å². The van der Waals surface area contributed by atoms with Gasteiger partial charge in [-0.15, -0.1) is 13.2 Å². The second-order valence-electron chi connectivity index (χ2n) is 6.40. The van der Waals surface area contributed by atoms with Gasteiger partial charge in [0.1, 0.15) is 0 Å². The molecule has 0 atom stereocenters. The lowest BCUT2D eigenvalue weighted by molar-refractivity contribution is -0.133. The number of benzene rings is 2. The van der Waals surface area contributed by atoms with Crippen molar-refractivity contribution in [2.24, 2.45) is 0 Å². The number of amides is 1. The summed E-state index contributed by atoms with van der Waals surface area (Å²) in [6, 6.07) is 15.4. The minimum absolute atomic E-state index is 0.0409. The molecule has 0 bridgehead atoms. The minimum atomic E-state index is -0.790. The van der Waals surface area contributed by atoms with Gasteiger partial charge in [-0.2, -0.15) is 9.78 Å². The van der Waals surface area contributed by atoms with Crippen molar-refractivity contribution in [3.05, 3.63) is 96.0 Å². The van der Waals surface area contributed by atoms with Crippen LogP contribution in [-0.2, 0) is 9.53 Å². The van der Waals surface area contributed by atoms with Gasteiger partial charge in [0.15, 0.2) is 12.3 Å². The van der Waals surface area contributed by atoms with E-state index in [2.05, 4.69) is 18.3 Å². The van der Waals surface area contributed by atoms with E-state index >= 15 is 0 Å². The maximum atomic E-state index is 12.9. The summed E-state index contributed by atoms with van der Waals surface area (Å²) >= 11 is 0. The number of hydrogen-bond acceptors (Lipinski definition) is 5. The van der Waals surface area contributed by atoms with E-state index in [-0.39, 0.29) is 17.2 Å². The Morgan fingerprint density at radius 1 is 0.967 bits per heavy atom. The van der Waals surface area contributed by atoms with Crippen molar-refractivity contribution in [3.8, 4) is 5.69 Å². The highest BCUT2D eigenvalue weighted by atomic mass is 16.5. The van der Waals surface area contributed by atoms with E-state index in [0.717, 1.165) is 4.68 Å². The molecule has 0 saturated heterocycles. The number of fused-ring (bicyclic) bond motifs is 1. The second kappa shape index (κ2) is 9.47. The van der Waals surface area contributed by atoms with Crippen molar-refractivity contribution < 1.29 is 14.3 Å². The van der Waals surface area contributed by atoms with E-state index in [4.69, 9.17) is 4.74 Å². The lowest BCUT2D eigenvalue weighted by atomic mass is 10.1. The van der Waals surface area contributed by atoms with E-state index in [0.29, 0.717) is 29.5 Å². The molecular formula is C23H21N3O4. The normalized spacial score (nSPS) is 10.4. The molecule has 0 aliphatic heterocycles. The molecule has 0 spiro atoms. The number of esters is 1. The summed E-state index contributed by atoms with van der Waals surface area (Å²) < 4.78 is 6.38. The van der Waals surface area contributed by atoms with Gasteiger partial charge in [-0.1, -0.05) is 48.6 Å². The molecule has 0 radical (unpaired) electrons. The minimum Gasteiger partial charge on any atom is -0.451 e. The van der Waals surface area contributed by atoms with Gasteiger partial charge >= 0.3 is 5.97 Å². The van der Waals surface area contributed by atoms with Crippen molar-refractivity contribution in [2.75, 3.05) is 19.7 Å². The molecule has 3 aromatic rings. The number of para-hydroxylation sites is 1. The van der Waals surface area contributed by atoms with E-state index in [9.17, 15) is 14.4 Å². The molecule has 0 aliphatic carbocycles. The van der Waals surface area contributed by atoms with E-state index in [1.54, 1.807) is 60.7 Å². The Morgan fingerprint density at radius 2 is 1.57 bits per heavy atom. The summed E-state index contributed by atoms with van der Waals surface area (Å²) in [5.41, 5.74) is 0.120. The Hall–Kier alpha value is -4.00. The first-order valence-electron chi connectivity index (χ1n) is 9.31. The summed E-state index contributed by atoms with van der Waals surface area (Å²) in [6.45, 7) is 7.38. The Labute approximate surface area is 173 Å². The van der Waals surface area contributed by atoms with Crippen LogP contribution in [0.5, 0.6) is 0 Å². The molecule has 3 rings (SSSR count). The van der Waals surface area contributed by atoms with Crippen LogP contribution in [0.25, 0.3) is 16.5 Å². The predicted octanol–water partition coefficient (Wildman–Crippen LogP) is 2.74. The second-order valence-corrected chi connectivity index (χ2v) is 6.40. The molecule has 0 N–H and O–H groups in total. The molecule has 30 heavy (non-hydrogen) atoms. The number of hydrogen-bond donors (Lipinski definition) is 0. The fourth-order valence-electron chi connectivity index (χ4n) is 2.96. The molecule has 0 fully saturated rings. The number of nitrogens with zero attached hydrogens (tertiary/aromatic N) is 3. The smallest absolute Gasteiger partial charge is 0.359 e.